The number of hydrogen-bond acceptors (Lipinski definition) is 5. The van der Waals surface area contributed by atoms with E-state index in [2.05, 4.69) is 33.6 Å². The average Bonchev–Trinajstić information content (AvgIpc) is 3.12. The Balaban J connectivity index is 1.40. The first-order valence-electron chi connectivity index (χ1n) is 12.3. The summed E-state index contributed by atoms with van der Waals surface area (Å²) in [6, 6.07) is 13.8. The first-order chi connectivity index (χ1) is 17.4. The van der Waals surface area contributed by atoms with Gasteiger partial charge in [0.05, 0.1) is 35.9 Å². The molecule has 0 spiro atoms. The van der Waals surface area contributed by atoms with Gasteiger partial charge in [-0.1, -0.05) is 18.2 Å². The maximum Gasteiger partial charge on any atom is 0.328 e. The van der Waals surface area contributed by atoms with Crippen molar-refractivity contribution in [2.24, 2.45) is 7.05 Å². The number of likely N-dealkylation sites (N-methyl/N-ethyl adjacent to an activating group) is 1. The molecule has 1 unspecified atom stereocenters. The van der Waals surface area contributed by atoms with Crippen LogP contribution in [0.2, 0.25) is 0 Å². The lowest BCUT2D eigenvalue weighted by atomic mass is 10.0. The van der Waals surface area contributed by atoms with Crippen molar-refractivity contribution in [3.05, 3.63) is 59.1 Å². The highest BCUT2D eigenvalue weighted by atomic mass is 16.5. The number of piperidine rings is 1. The zero-order valence-electron chi connectivity index (χ0n) is 21.0. The van der Waals surface area contributed by atoms with Crippen LogP contribution in [0.5, 0.6) is 0 Å². The maximum absolute atomic E-state index is 12.9. The number of fused-ring (bicyclic) bond motifs is 3. The number of nitrogens with one attached hydrogen (secondary N) is 2. The summed E-state index contributed by atoms with van der Waals surface area (Å²) < 4.78 is 8.61. The van der Waals surface area contributed by atoms with E-state index < -0.39 is 0 Å². The number of nitrogens with zero attached hydrogens (tertiary/aromatic N) is 4. The van der Waals surface area contributed by atoms with E-state index in [4.69, 9.17) is 4.74 Å². The van der Waals surface area contributed by atoms with E-state index in [1.807, 2.05) is 36.4 Å². The molecule has 2 N–H and O–H groups in total. The monoisotopic (exact) mass is 488 g/mol. The molecule has 9 heteroatoms. The molecule has 9 nitrogen and oxygen atoms in total. The number of likely N-dealkylation sites (tertiary alicyclic amines) is 1. The van der Waals surface area contributed by atoms with Crippen LogP contribution in [-0.4, -0.2) is 64.9 Å². The Morgan fingerprint density at radius 1 is 1.14 bits per heavy atom. The van der Waals surface area contributed by atoms with Crippen molar-refractivity contribution in [3.8, 4) is 11.1 Å². The molecule has 188 valence electrons. The van der Waals surface area contributed by atoms with E-state index in [0.717, 1.165) is 64.7 Å². The van der Waals surface area contributed by atoms with Crippen molar-refractivity contribution in [2.45, 2.75) is 25.4 Å². The molecule has 2 aromatic carbocycles. The lowest BCUT2D eigenvalue weighted by Crippen LogP contribution is -2.47. The van der Waals surface area contributed by atoms with Crippen LogP contribution in [0.15, 0.2) is 53.5 Å². The standard InChI is InChI=1S/C27H32N6O3/c1-31-12-4-5-21(17-31)30-26(34)29-20-9-6-18(7-10-20)19-8-11-23-22(15-19)25-24(16-28-23)32(2)27(35)33(25)13-14-36-3/h6-11,15-16,21H,4-5,12-14,17H2,1-3H3,(H2,29,30,34). The summed E-state index contributed by atoms with van der Waals surface area (Å²) in [4.78, 5) is 32.1. The highest BCUT2D eigenvalue weighted by molar-refractivity contribution is 6.04. The van der Waals surface area contributed by atoms with Gasteiger partial charge < -0.3 is 20.3 Å². The largest absolute Gasteiger partial charge is 0.383 e. The molecule has 0 bridgehead atoms. The number of ether oxygens (including phenoxy) is 1. The zero-order valence-corrected chi connectivity index (χ0v) is 21.0. The number of imidazole rings is 1. The van der Waals surface area contributed by atoms with Crippen LogP contribution in [0.4, 0.5) is 10.5 Å². The fourth-order valence-electron chi connectivity index (χ4n) is 5.03. The first kappa shape index (κ1) is 24.0. The van der Waals surface area contributed by atoms with Crippen LogP contribution in [-0.2, 0) is 18.3 Å². The number of aryl methyl sites for hydroxylation is 1. The van der Waals surface area contributed by atoms with Gasteiger partial charge in [-0.15, -0.1) is 0 Å². The SMILES string of the molecule is COCCn1c(=O)n(C)c2cnc3ccc(-c4ccc(NC(=O)NC5CCCN(C)C5)cc4)cc3c21. The molecule has 0 aliphatic carbocycles. The lowest BCUT2D eigenvalue weighted by molar-refractivity contribution is 0.187. The van der Waals surface area contributed by atoms with E-state index in [1.54, 1.807) is 29.5 Å². The van der Waals surface area contributed by atoms with Crippen LogP contribution < -0.4 is 16.3 Å². The predicted octanol–water partition coefficient (Wildman–Crippen LogP) is 3.42. The summed E-state index contributed by atoms with van der Waals surface area (Å²) in [5.74, 6) is 0. The van der Waals surface area contributed by atoms with Gasteiger partial charge in [0.2, 0.25) is 0 Å². The number of amides is 2. The molecule has 0 radical (unpaired) electrons. The molecule has 4 aromatic rings. The molecule has 1 fully saturated rings. The van der Waals surface area contributed by atoms with Crippen molar-refractivity contribution in [1.82, 2.24) is 24.3 Å². The molecule has 36 heavy (non-hydrogen) atoms. The van der Waals surface area contributed by atoms with Crippen LogP contribution in [0, 0.1) is 0 Å². The highest BCUT2D eigenvalue weighted by Gasteiger charge is 2.19. The molecule has 0 saturated carbocycles. The van der Waals surface area contributed by atoms with Crippen LogP contribution in [0.25, 0.3) is 33.1 Å². The number of methoxy groups -OCH3 is 1. The van der Waals surface area contributed by atoms with Crippen LogP contribution in [0.3, 0.4) is 0 Å². The lowest BCUT2D eigenvalue weighted by Gasteiger charge is -2.30. The Kier molecular flexibility index (Phi) is 6.75. The fourth-order valence-corrected chi connectivity index (χ4v) is 5.03. The van der Waals surface area contributed by atoms with Gasteiger partial charge in [-0.25, -0.2) is 9.59 Å². The number of urea groups is 1. The summed E-state index contributed by atoms with van der Waals surface area (Å²) in [6.45, 7) is 2.86. The van der Waals surface area contributed by atoms with Gasteiger partial charge in [-0.2, -0.15) is 0 Å². The molecule has 3 heterocycles. The Bertz CT molecular complexity index is 1460. The number of anilines is 1. The summed E-state index contributed by atoms with van der Waals surface area (Å²) >= 11 is 0. The molecule has 2 amide bonds. The van der Waals surface area contributed by atoms with E-state index in [0.29, 0.717) is 13.2 Å². The van der Waals surface area contributed by atoms with Gasteiger partial charge in [-0.3, -0.25) is 14.1 Å². The number of pyridine rings is 1. The highest BCUT2D eigenvalue weighted by Crippen LogP contribution is 2.29. The predicted molar refractivity (Wildman–Crippen MR) is 142 cm³/mol. The number of aromatic nitrogens is 3. The van der Waals surface area contributed by atoms with Gasteiger partial charge in [0.25, 0.3) is 0 Å². The van der Waals surface area contributed by atoms with E-state index in [9.17, 15) is 9.59 Å². The van der Waals surface area contributed by atoms with Crippen LogP contribution >= 0.6 is 0 Å². The third kappa shape index (κ3) is 4.72. The number of benzene rings is 2. The molecule has 5 rings (SSSR count). The van der Waals surface area contributed by atoms with Gasteiger partial charge in [0.15, 0.2) is 0 Å². The molecular weight excluding hydrogens is 456 g/mol. The Morgan fingerprint density at radius 3 is 2.67 bits per heavy atom. The molecular formula is C27H32N6O3. The third-order valence-corrected chi connectivity index (χ3v) is 6.92. The van der Waals surface area contributed by atoms with E-state index >= 15 is 0 Å². The Hall–Kier alpha value is -3.69. The second kappa shape index (κ2) is 10.1. The Labute approximate surface area is 209 Å². The van der Waals surface area contributed by atoms with Gasteiger partial charge in [-0.05, 0) is 61.8 Å². The van der Waals surface area contributed by atoms with E-state index in [1.165, 1.54) is 0 Å². The van der Waals surface area contributed by atoms with Gasteiger partial charge in [0.1, 0.15) is 0 Å². The van der Waals surface area contributed by atoms with Crippen molar-refractivity contribution in [2.75, 3.05) is 39.2 Å². The van der Waals surface area contributed by atoms with Crippen molar-refractivity contribution >= 4 is 33.7 Å². The van der Waals surface area contributed by atoms with E-state index in [-0.39, 0.29) is 17.8 Å². The van der Waals surface area contributed by atoms with Crippen molar-refractivity contribution in [1.29, 1.82) is 0 Å². The zero-order chi connectivity index (χ0) is 25.2. The minimum Gasteiger partial charge on any atom is -0.383 e. The normalized spacial score (nSPS) is 16.5. The quantitative estimate of drug-likeness (QED) is 0.434. The molecule has 1 aliphatic rings. The first-order valence-corrected chi connectivity index (χ1v) is 12.3. The van der Waals surface area contributed by atoms with Crippen molar-refractivity contribution in [3.63, 3.8) is 0 Å². The summed E-state index contributed by atoms with van der Waals surface area (Å²) in [6.07, 6.45) is 3.84. The minimum absolute atomic E-state index is 0.0877. The number of hydrogen-bond donors (Lipinski definition) is 2. The topological polar surface area (TPSA) is 93.4 Å². The molecule has 1 atom stereocenters. The molecule has 2 aromatic heterocycles. The van der Waals surface area contributed by atoms with Gasteiger partial charge in [0, 0.05) is 37.8 Å². The second-order valence-electron chi connectivity index (χ2n) is 9.49. The third-order valence-electron chi connectivity index (χ3n) is 6.92. The Morgan fingerprint density at radius 2 is 1.92 bits per heavy atom. The maximum atomic E-state index is 12.9. The summed E-state index contributed by atoms with van der Waals surface area (Å²) in [7, 11) is 5.47. The fraction of sp³-hybridized carbons (Fsp3) is 0.370. The second-order valence-corrected chi connectivity index (χ2v) is 9.49. The van der Waals surface area contributed by atoms with Crippen LogP contribution in [0.1, 0.15) is 12.8 Å². The average molecular weight is 489 g/mol. The number of rotatable bonds is 6. The number of carbonyl (C=O) groups excluding carboxylic acids is 1. The molecule has 1 saturated heterocycles. The van der Waals surface area contributed by atoms with Crippen molar-refractivity contribution < 1.29 is 9.53 Å². The number of carbonyl (C=O) groups is 1. The van der Waals surface area contributed by atoms with Gasteiger partial charge >= 0.3 is 11.7 Å². The smallest absolute Gasteiger partial charge is 0.328 e. The summed E-state index contributed by atoms with van der Waals surface area (Å²) in [5.41, 5.74) is 5.14. The summed E-state index contributed by atoms with van der Waals surface area (Å²) in [5, 5.41) is 6.93. The molecule has 1 aliphatic heterocycles. The minimum atomic E-state index is -0.180.